The van der Waals surface area contributed by atoms with Crippen molar-refractivity contribution in [3.63, 3.8) is 0 Å². The highest BCUT2D eigenvalue weighted by atomic mass is 16.5. The summed E-state index contributed by atoms with van der Waals surface area (Å²) in [6.07, 6.45) is 0. The highest BCUT2D eigenvalue weighted by molar-refractivity contribution is 5.91. The molecular formula is C16H15N3O3. The van der Waals surface area contributed by atoms with Crippen LogP contribution in [0.1, 0.15) is 11.5 Å². The van der Waals surface area contributed by atoms with Crippen molar-refractivity contribution in [1.82, 2.24) is 10.1 Å². The van der Waals surface area contributed by atoms with Crippen LogP contribution >= 0.6 is 0 Å². The number of carbonyl (C=O) groups excluding carboxylic acids is 1. The third kappa shape index (κ3) is 3.06. The first-order valence-electron chi connectivity index (χ1n) is 6.84. The van der Waals surface area contributed by atoms with Gasteiger partial charge >= 0.3 is 0 Å². The molecule has 112 valence electrons. The molecule has 3 aromatic rings. The van der Waals surface area contributed by atoms with E-state index >= 15 is 0 Å². The van der Waals surface area contributed by atoms with Gasteiger partial charge in [0.15, 0.2) is 12.4 Å². The van der Waals surface area contributed by atoms with Crippen LogP contribution in [0, 0.1) is 13.8 Å². The highest BCUT2D eigenvalue weighted by Crippen LogP contribution is 2.23. The molecule has 0 aliphatic heterocycles. The van der Waals surface area contributed by atoms with Crippen molar-refractivity contribution in [2.45, 2.75) is 13.8 Å². The zero-order chi connectivity index (χ0) is 15.5. The lowest BCUT2D eigenvalue weighted by atomic mass is 10.2. The molecule has 0 fully saturated rings. The largest absolute Gasteiger partial charge is 0.481 e. The van der Waals surface area contributed by atoms with Gasteiger partial charge in [0.25, 0.3) is 5.91 Å². The first kappa shape index (κ1) is 14.1. The summed E-state index contributed by atoms with van der Waals surface area (Å²) in [4.78, 5) is 16.3. The molecule has 0 saturated heterocycles. The molecule has 6 nitrogen and oxygen atoms in total. The maximum absolute atomic E-state index is 11.9. The van der Waals surface area contributed by atoms with Gasteiger partial charge in [-0.15, -0.1) is 0 Å². The van der Waals surface area contributed by atoms with E-state index in [2.05, 4.69) is 15.5 Å². The third-order valence-corrected chi connectivity index (χ3v) is 3.08. The van der Waals surface area contributed by atoms with Crippen LogP contribution in [0.25, 0.3) is 10.9 Å². The predicted molar refractivity (Wildman–Crippen MR) is 81.8 cm³/mol. The second kappa shape index (κ2) is 5.85. The van der Waals surface area contributed by atoms with Gasteiger partial charge in [0, 0.05) is 17.1 Å². The van der Waals surface area contributed by atoms with Crippen LogP contribution in [0.2, 0.25) is 0 Å². The number of nitrogens with one attached hydrogen (secondary N) is 1. The van der Waals surface area contributed by atoms with E-state index in [4.69, 9.17) is 9.26 Å². The summed E-state index contributed by atoms with van der Waals surface area (Å²) in [5, 5.41) is 7.27. The number of amides is 1. The SMILES string of the molecule is Cc1ccc2cccc(OCC(=O)Nc3cc(C)on3)c2n1. The molecule has 1 aromatic carbocycles. The van der Waals surface area contributed by atoms with Gasteiger partial charge in [-0.1, -0.05) is 23.4 Å². The average Bonchev–Trinajstić information content (AvgIpc) is 2.90. The zero-order valence-electron chi connectivity index (χ0n) is 12.3. The minimum atomic E-state index is -0.307. The summed E-state index contributed by atoms with van der Waals surface area (Å²) in [5.74, 6) is 1.27. The number of para-hydroxylation sites is 1. The Morgan fingerprint density at radius 3 is 2.91 bits per heavy atom. The number of hydrogen-bond acceptors (Lipinski definition) is 5. The number of hydrogen-bond donors (Lipinski definition) is 1. The molecule has 0 aliphatic rings. The standard InChI is InChI=1S/C16H15N3O3/c1-10-6-7-12-4-3-5-13(16(12)17-10)21-9-15(20)18-14-8-11(2)22-19-14/h3-8H,9H2,1-2H3,(H,18,19,20). The van der Waals surface area contributed by atoms with E-state index < -0.39 is 0 Å². The van der Waals surface area contributed by atoms with Gasteiger partial charge in [-0.2, -0.15) is 0 Å². The number of rotatable bonds is 4. The van der Waals surface area contributed by atoms with E-state index in [0.717, 1.165) is 16.6 Å². The van der Waals surface area contributed by atoms with Crippen LogP contribution in [-0.2, 0) is 4.79 Å². The number of anilines is 1. The van der Waals surface area contributed by atoms with E-state index in [1.165, 1.54) is 0 Å². The van der Waals surface area contributed by atoms with E-state index in [-0.39, 0.29) is 12.5 Å². The molecular weight excluding hydrogens is 282 g/mol. The van der Waals surface area contributed by atoms with E-state index in [0.29, 0.717) is 17.3 Å². The topological polar surface area (TPSA) is 77.2 Å². The Hall–Kier alpha value is -2.89. The Bertz CT molecular complexity index is 826. The maximum Gasteiger partial charge on any atom is 0.263 e. The number of benzene rings is 1. The van der Waals surface area contributed by atoms with Crippen molar-refractivity contribution < 1.29 is 14.1 Å². The molecule has 0 aliphatic carbocycles. The number of ether oxygens (including phenoxy) is 1. The normalized spacial score (nSPS) is 10.6. The smallest absolute Gasteiger partial charge is 0.263 e. The second-order valence-electron chi connectivity index (χ2n) is 4.94. The molecule has 0 bridgehead atoms. The van der Waals surface area contributed by atoms with Crippen molar-refractivity contribution in [2.75, 3.05) is 11.9 Å². The Morgan fingerprint density at radius 2 is 2.14 bits per heavy atom. The first-order chi connectivity index (χ1) is 10.6. The van der Waals surface area contributed by atoms with Gasteiger partial charge in [0.05, 0.1) is 0 Å². The Labute approximate surface area is 127 Å². The molecule has 0 spiro atoms. The van der Waals surface area contributed by atoms with Crippen LogP contribution in [0.4, 0.5) is 5.82 Å². The van der Waals surface area contributed by atoms with Crippen molar-refractivity contribution in [3.8, 4) is 5.75 Å². The molecule has 0 atom stereocenters. The van der Waals surface area contributed by atoms with Crippen molar-refractivity contribution >= 4 is 22.6 Å². The summed E-state index contributed by atoms with van der Waals surface area (Å²) in [6, 6.07) is 11.2. The van der Waals surface area contributed by atoms with E-state index in [1.54, 1.807) is 19.1 Å². The van der Waals surface area contributed by atoms with Crippen LogP contribution in [0.3, 0.4) is 0 Å². The lowest BCUT2D eigenvalue weighted by Crippen LogP contribution is -2.20. The lowest BCUT2D eigenvalue weighted by molar-refractivity contribution is -0.118. The number of aryl methyl sites for hydroxylation is 2. The Kier molecular flexibility index (Phi) is 3.74. The van der Waals surface area contributed by atoms with Gasteiger partial charge in [-0.25, -0.2) is 4.98 Å². The van der Waals surface area contributed by atoms with Crippen LogP contribution in [-0.4, -0.2) is 22.7 Å². The first-order valence-corrected chi connectivity index (χ1v) is 6.84. The lowest BCUT2D eigenvalue weighted by Gasteiger charge is -2.08. The summed E-state index contributed by atoms with van der Waals surface area (Å²) in [7, 11) is 0. The molecule has 0 radical (unpaired) electrons. The summed E-state index contributed by atoms with van der Waals surface area (Å²) < 4.78 is 10.5. The fourth-order valence-corrected chi connectivity index (χ4v) is 2.08. The van der Waals surface area contributed by atoms with Gasteiger partial charge in [-0.05, 0) is 26.0 Å². The minimum Gasteiger partial charge on any atom is -0.481 e. The molecule has 3 rings (SSSR count). The zero-order valence-corrected chi connectivity index (χ0v) is 12.3. The summed E-state index contributed by atoms with van der Waals surface area (Å²) in [6.45, 7) is 3.54. The van der Waals surface area contributed by atoms with E-state index in [1.807, 2.05) is 31.2 Å². The molecule has 1 amide bonds. The second-order valence-corrected chi connectivity index (χ2v) is 4.94. The summed E-state index contributed by atoms with van der Waals surface area (Å²) >= 11 is 0. The van der Waals surface area contributed by atoms with E-state index in [9.17, 15) is 4.79 Å². The minimum absolute atomic E-state index is 0.124. The van der Waals surface area contributed by atoms with Crippen LogP contribution in [0.15, 0.2) is 40.9 Å². The molecule has 0 unspecified atom stereocenters. The van der Waals surface area contributed by atoms with Gasteiger partial charge in [-0.3, -0.25) is 4.79 Å². The number of aromatic nitrogens is 2. The van der Waals surface area contributed by atoms with Crippen molar-refractivity contribution in [2.24, 2.45) is 0 Å². The Balaban J connectivity index is 1.71. The fraction of sp³-hybridized carbons (Fsp3) is 0.188. The molecule has 1 N–H and O–H groups in total. The number of pyridine rings is 1. The molecule has 2 heterocycles. The van der Waals surface area contributed by atoms with Gasteiger partial charge in [0.2, 0.25) is 0 Å². The van der Waals surface area contributed by atoms with Gasteiger partial charge in [0.1, 0.15) is 17.0 Å². The summed E-state index contributed by atoms with van der Waals surface area (Å²) in [5.41, 5.74) is 1.64. The highest BCUT2D eigenvalue weighted by Gasteiger charge is 2.09. The number of fused-ring (bicyclic) bond motifs is 1. The van der Waals surface area contributed by atoms with Crippen LogP contribution in [0.5, 0.6) is 5.75 Å². The fourth-order valence-electron chi connectivity index (χ4n) is 2.08. The molecule has 2 aromatic heterocycles. The number of nitrogens with zero attached hydrogens (tertiary/aromatic N) is 2. The van der Waals surface area contributed by atoms with Gasteiger partial charge < -0.3 is 14.6 Å². The molecule has 0 saturated carbocycles. The molecule has 6 heteroatoms. The third-order valence-electron chi connectivity index (χ3n) is 3.08. The van der Waals surface area contributed by atoms with Crippen molar-refractivity contribution in [1.29, 1.82) is 0 Å². The quantitative estimate of drug-likeness (QED) is 0.801. The van der Waals surface area contributed by atoms with Crippen molar-refractivity contribution in [3.05, 3.63) is 47.9 Å². The Morgan fingerprint density at radius 1 is 1.27 bits per heavy atom. The number of carbonyl (C=O) groups is 1. The monoisotopic (exact) mass is 297 g/mol. The predicted octanol–water partition coefficient (Wildman–Crippen LogP) is 2.86. The van der Waals surface area contributed by atoms with Crippen LogP contribution < -0.4 is 10.1 Å². The average molecular weight is 297 g/mol. The molecule has 22 heavy (non-hydrogen) atoms. The maximum atomic E-state index is 11.9.